The lowest BCUT2D eigenvalue weighted by Crippen LogP contribution is -2.52. The second-order valence-electron chi connectivity index (χ2n) is 8.54. The molecule has 2 fully saturated rings. The number of ether oxygens (including phenoxy) is 1. The van der Waals surface area contributed by atoms with Gasteiger partial charge in [0, 0.05) is 44.2 Å². The predicted molar refractivity (Wildman–Crippen MR) is 119 cm³/mol. The highest BCUT2D eigenvalue weighted by atomic mass is 16.5. The molecule has 2 aromatic rings. The van der Waals surface area contributed by atoms with Crippen molar-refractivity contribution in [3.05, 3.63) is 54.4 Å². The lowest BCUT2D eigenvalue weighted by molar-refractivity contribution is -0.146. The summed E-state index contributed by atoms with van der Waals surface area (Å²) in [6.45, 7) is 4.39. The lowest BCUT2D eigenvalue weighted by atomic mass is 9.72. The Labute approximate surface area is 184 Å². The normalized spacial score (nSPS) is 20.4. The van der Waals surface area contributed by atoms with E-state index in [0.717, 1.165) is 29.5 Å². The molecular weight excluding hydrogens is 390 g/mol. The van der Waals surface area contributed by atoms with Gasteiger partial charge in [-0.1, -0.05) is 30.3 Å². The Morgan fingerprint density at radius 1 is 1.19 bits per heavy atom. The largest absolute Gasteiger partial charge is 0.368 e. The zero-order valence-corrected chi connectivity index (χ0v) is 18.2. The average molecular weight is 422 g/mol. The second kappa shape index (κ2) is 9.60. The van der Waals surface area contributed by atoms with Gasteiger partial charge in [-0.05, 0) is 56.2 Å². The van der Waals surface area contributed by atoms with Crippen LogP contribution in [0.1, 0.15) is 38.2 Å². The van der Waals surface area contributed by atoms with Crippen LogP contribution in [0.25, 0.3) is 11.1 Å². The minimum absolute atomic E-state index is 0.0813. The van der Waals surface area contributed by atoms with Crippen LogP contribution in [0.5, 0.6) is 0 Å². The van der Waals surface area contributed by atoms with Gasteiger partial charge in [0.2, 0.25) is 5.91 Å². The van der Waals surface area contributed by atoms with Gasteiger partial charge in [-0.15, -0.1) is 0 Å². The number of nitrogens with one attached hydrogen (secondary N) is 1. The molecule has 2 aliphatic heterocycles. The third-order valence-electron chi connectivity index (χ3n) is 6.58. The van der Waals surface area contributed by atoms with E-state index in [1.807, 2.05) is 42.3 Å². The molecule has 0 bridgehead atoms. The number of pyridine rings is 1. The fourth-order valence-corrected chi connectivity index (χ4v) is 4.81. The average Bonchev–Trinajstić information content (AvgIpc) is 3.35. The number of hydrogen-bond acceptors (Lipinski definition) is 4. The molecule has 0 saturated carbocycles. The summed E-state index contributed by atoms with van der Waals surface area (Å²) >= 11 is 0. The molecule has 1 aromatic heterocycles. The van der Waals surface area contributed by atoms with Gasteiger partial charge in [0.05, 0.1) is 5.41 Å². The molecule has 1 atom stereocenters. The van der Waals surface area contributed by atoms with Gasteiger partial charge in [-0.25, -0.2) is 0 Å². The Kier molecular flexibility index (Phi) is 6.66. The first-order valence-corrected chi connectivity index (χ1v) is 11.3. The highest BCUT2D eigenvalue weighted by Crippen LogP contribution is 2.38. The van der Waals surface area contributed by atoms with Crippen LogP contribution in [-0.4, -0.2) is 54.0 Å². The van der Waals surface area contributed by atoms with Crippen molar-refractivity contribution in [1.29, 1.82) is 0 Å². The van der Waals surface area contributed by atoms with Gasteiger partial charge in [-0.3, -0.25) is 14.6 Å². The van der Waals surface area contributed by atoms with Crippen LogP contribution in [0.15, 0.2) is 48.8 Å². The third-order valence-corrected chi connectivity index (χ3v) is 6.58. The first-order chi connectivity index (χ1) is 15.1. The number of aromatic nitrogens is 1. The Morgan fingerprint density at radius 2 is 2.00 bits per heavy atom. The van der Waals surface area contributed by atoms with Crippen LogP contribution in [-0.2, 0) is 20.7 Å². The SMILES string of the molecule is CCNC(=O)C1(Cc2ccccc2-c2cccnc2)CCN(C(=O)[C@H]2CCCO2)CC1. The number of benzene rings is 1. The van der Waals surface area contributed by atoms with Gasteiger partial charge in [0.1, 0.15) is 6.10 Å². The molecule has 3 heterocycles. The molecule has 0 spiro atoms. The maximum Gasteiger partial charge on any atom is 0.251 e. The summed E-state index contributed by atoms with van der Waals surface area (Å²) in [4.78, 5) is 32.2. The van der Waals surface area contributed by atoms with Gasteiger partial charge in [0.15, 0.2) is 0 Å². The summed E-state index contributed by atoms with van der Waals surface area (Å²) in [5.41, 5.74) is 2.77. The Balaban J connectivity index is 1.56. The monoisotopic (exact) mass is 421 g/mol. The van der Waals surface area contributed by atoms with Crippen LogP contribution < -0.4 is 5.32 Å². The van der Waals surface area contributed by atoms with Gasteiger partial charge in [0.25, 0.3) is 5.91 Å². The second-order valence-corrected chi connectivity index (χ2v) is 8.54. The zero-order chi connectivity index (χ0) is 21.7. The molecule has 2 saturated heterocycles. The standard InChI is InChI=1S/C25H31N3O3/c1-2-27-24(30)25(11-14-28(15-12-25)23(29)22-10-6-16-31-22)17-19-7-3-4-9-21(19)20-8-5-13-26-18-20/h3-5,7-9,13,18,22H,2,6,10-12,14-17H2,1H3,(H,27,30)/t22-/m1/s1. The van der Waals surface area contributed by atoms with Crippen molar-refractivity contribution < 1.29 is 14.3 Å². The van der Waals surface area contributed by atoms with Crippen molar-refractivity contribution in [2.24, 2.45) is 5.41 Å². The number of piperidine rings is 1. The maximum absolute atomic E-state index is 13.3. The van der Waals surface area contributed by atoms with Crippen LogP contribution >= 0.6 is 0 Å². The molecule has 0 unspecified atom stereocenters. The highest BCUT2D eigenvalue weighted by Gasteiger charge is 2.43. The van der Waals surface area contributed by atoms with E-state index in [0.29, 0.717) is 45.5 Å². The molecule has 164 valence electrons. The number of hydrogen-bond donors (Lipinski definition) is 1. The van der Waals surface area contributed by atoms with Crippen LogP contribution in [0.3, 0.4) is 0 Å². The summed E-state index contributed by atoms with van der Waals surface area (Å²) in [5.74, 6) is 0.165. The van der Waals surface area contributed by atoms with E-state index in [1.54, 1.807) is 6.20 Å². The van der Waals surface area contributed by atoms with E-state index in [1.165, 1.54) is 0 Å². The van der Waals surface area contributed by atoms with E-state index in [4.69, 9.17) is 4.74 Å². The van der Waals surface area contributed by atoms with Gasteiger partial charge < -0.3 is 15.0 Å². The molecule has 1 aromatic carbocycles. The van der Waals surface area contributed by atoms with Gasteiger partial charge >= 0.3 is 0 Å². The number of nitrogens with zero attached hydrogens (tertiary/aromatic N) is 2. The smallest absolute Gasteiger partial charge is 0.251 e. The molecular formula is C25H31N3O3. The third kappa shape index (κ3) is 4.64. The molecule has 0 aliphatic carbocycles. The summed E-state index contributed by atoms with van der Waals surface area (Å²) in [7, 11) is 0. The number of rotatable bonds is 6. The molecule has 4 rings (SSSR count). The van der Waals surface area contributed by atoms with Crippen molar-refractivity contribution in [2.75, 3.05) is 26.2 Å². The number of likely N-dealkylation sites (tertiary alicyclic amines) is 1. The van der Waals surface area contributed by atoms with E-state index in [2.05, 4.69) is 22.4 Å². The Bertz CT molecular complexity index is 901. The first kappa shape index (κ1) is 21.5. The quantitative estimate of drug-likeness (QED) is 0.777. The van der Waals surface area contributed by atoms with Crippen molar-refractivity contribution >= 4 is 11.8 Å². The molecule has 6 nitrogen and oxygen atoms in total. The molecule has 6 heteroatoms. The minimum atomic E-state index is -0.526. The fourth-order valence-electron chi connectivity index (χ4n) is 4.81. The Hall–Kier alpha value is -2.73. The fraction of sp³-hybridized carbons (Fsp3) is 0.480. The van der Waals surface area contributed by atoms with Crippen molar-refractivity contribution in [3.8, 4) is 11.1 Å². The number of carbonyl (C=O) groups excluding carboxylic acids is 2. The summed E-state index contributed by atoms with van der Waals surface area (Å²) < 4.78 is 5.59. The van der Waals surface area contributed by atoms with E-state index < -0.39 is 5.41 Å². The molecule has 0 radical (unpaired) electrons. The molecule has 2 amide bonds. The summed E-state index contributed by atoms with van der Waals surface area (Å²) in [6.07, 6.45) is 7.02. The minimum Gasteiger partial charge on any atom is -0.368 e. The Morgan fingerprint density at radius 3 is 2.68 bits per heavy atom. The first-order valence-electron chi connectivity index (χ1n) is 11.3. The van der Waals surface area contributed by atoms with E-state index >= 15 is 0 Å². The van der Waals surface area contributed by atoms with Crippen LogP contribution in [0, 0.1) is 5.41 Å². The van der Waals surface area contributed by atoms with Gasteiger partial charge in [-0.2, -0.15) is 0 Å². The zero-order valence-electron chi connectivity index (χ0n) is 18.2. The summed E-state index contributed by atoms with van der Waals surface area (Å²) in [6, 6.07) is 12.2. The molecule has 31 heavy (non-hydrogen) atoms. The van der Waals surface area contributed by atoms with E-state index in [-0.39, 0.29) is 17.9 Å². The van der Waals surface area contributed by atoms with Crippen molar-refractivity contribution in [1.82, 2.24) is 15.2 Å². The highest BCUT2D eigenvalue weighted by molar-refractivity contribution is 5.85. The molecule has 1 N–H and O–H groups in total. The van der Waals surface area contributed by atoms with Crippen LogP contribution in [0.2, 0.25) is 0 Å². The summed E-state index contributed by atoms with van der Waals surface area (Å²) in [5, 5.41) is 3.06. The topological polar surface area (TPSA) is 71.5 Å². The lowest BCUT2D eigenvalue weighted by Gasteiger charge is -2.41. The van der Waals surface area contributed by atoms with Crippen LogP contribution in [0.4, 0.5) is 0 Å². The van der Waals surface area contributed by atoms with Crippen molar-refractivity contribution in [2.45, 2.75) is 45.1 Å². The predicted octanol–water partition coefficient (Wildman–Crippen LogP) is 3.22. The maximum atomic E-state index is 13.3. The van der Waals surface area contributed by atoms with E-state index in [9.17, 15) is 9.59 Å². The number of carbonyl (C=O) groups is 2. The van der Waals surface area contributed by atoms with Crippen molar-refractivity contribution in [3.63, 3.8) is 0 Å². The number of amides is 2. The molecule has 2 aliphatic rings.